The highest BCUT2D eigenvalue weighted by atomic mass is 16.5. The van der Waals surface area contributed by atoms with Gasteiger partial charge in [0.25, 0.3) is 11.8 Å². The number of ether oxygens (including phenoxy) is 2. The molecule has 1 aliphatic rings. The SMILES string of the molecule is CCN(CC)CCNC(=O)c1c(C)[nH]c(/C=C2\C(=O)Nc3ccc(OCCOCC(C)=O)cc32)c1C. The van der Waals surface area contributed by atoms with Crippen molar-refractivity contribution in [3.05, 3.63) is 46.3 Å². The highest BCUT2D eigenvalue weighted by Gasteiger charge is 2.26. The minimum absolute atomic E-state index is 0.0398. The van der Waals surface area contributed by atoms with Crippen LogP contribution in [0, 0.1) is 13.8 Å². The topological polar surface area (TPSA) is 113 Å². The first kappa shape index (κ1) is 27.2. The van der Waals surface area contributed by atoms with Crippen molar-refractivity contribution in [2.24, 2.45) is 0 Å². The molecule has 9 heteroatoms. The Balaban J connectivity index is 1.74. The normalized spacial score (nSPS) is 13.7. The van der Waals surface area contributed by atoms with Crippen LogP contribution in [0.15, 0.2) is 18.2 Å². The molecule has 1 aromatic carbocycles. The lowest BCUT2D eigenvalue weighted by atomic mass is 10.0. The second-order valence-corrected chi connectivity index (χ2v) is 8.77. The number of amides is 2. The van der Waals surface area contributed by atoms with Gasteiger partial charge < -0.3 is 30.0 Å². The predicted molar refractivity (Wildman–Crippen MR) is 140 cm³/mol. The Bertz CT molecular complexity index is 1150. The van der Waals surface area contributed by atoms with Crippen molar-refractivity contribution in [3.8, 4) is 5.75 Å². The van der Waals surface area contributed by atoms with Crippen LogP contribution in [0.1, 0.15) is 53.6 Å². The Kier molecular flexibility index (Phi) is 9.44. The summed E-state index contributed by atoms with van der Waals surface area (Å²) in [5, 5.41) is 5.88. The number of H-pyrrole nitrogens is 1. The number of likely N-dealkylation sites (N-methyl/N-ethyl adjacent to an activating group) is 1. The number of aromatic nitrogens is 1. The fraction of sp³-hybridized carbons (Fsp3) is 0.444. The van der Waals surface area contributed by atoms with Gasteiger partial charge in [-0.15, -0.1) is 0 Å². The van der Waals surface area contributed by atoms with Gasteiger partial charge in [0.15, 0.2) is 5.78 Å². The molecule has 0 radical (unpaired) electrons. The number of hydrogen-bond donors (Lipinski definition) is 3. The Hall–Kier alpha value is -3.43. The molecule has 36 heavy (non-hydrogen) atoms. The van der Waals surface area contributed by atoms with E-state index in [1.165, 1.54) is 6.92 Å². The predicted octanol–water partition coefficient (Wildman–Crippen LogP) is 3.18. The molecule has 2 heterocycles. The van der Waals surface area contributed by atoms with E-state index >= 15 is 0 Å². The van der Waals surface area contributed by atoms with Crippen LogP contribution in [0.3, 0.4) is 0 Å². The molecular weight excluding hydrogens is 460 g/mol. The van der Waals surface area contributed by atoms with Crippen LogP contribution in [0.4, 0.5) is 5.69 Å². The first-order valence-electron chi connectivity index (χ1n) is 12.3. The van der Waals surface area contributed by atoms with E-state index in [0.29, 0.717) is 34.8 Å². The zero-order valence-electron chi connectivity index (χ0n) is 21.7. The number of nitrogens with one attached hydrogen (secondary N) is 3. The Morgan fingerprint density at radius 2 is 1.89 bits per heavy atom. The summed E-state index contributed by atoms with van der Waals surface area (Å²) in [6.45, 7) is 13.3. The van der Waals surface area contributed by atoms with Gasteiger partial charge in [-0.25, -0.2) is 0 Å². The van der Waals surface area contributed by atoms with Crippen LogP contribution in [-0.2, 0) is 14.3 Å². The van der Waals surface area contributed by atoms with E-state index in [-0.39, 0.29) is 37.4 Å². The van der Waals surface area contributed by atoms with E-state index in [9.17, 15) is 14.4 Å². The number of Topliss-reactive ketones (excluding diaryl/α,β-unsaturated/α-hetero) is 1. The van der Waals surface area contributed by atoms with Crippen molar-refractivity contribution in [1.29, 1.82) is 0 Å². The van der Waals surface area contributed by atoms with Crippen LogP contribution in [0.2, 0.25) is 0 Å². The zero-order chi connectivity index (χ0) is 26.2. The van der Waals surface area contributed by atoms with Crippen molar-refractivity contribution in [2.75, 3.05) is 51.3 Å². The smallest absolute Gasteiger partial charge is 0.256 e. The van der Waals surface area contributed by atoms with Crippen LogP contribution >= 0.6 is 0 Å². The maximum atomic E-state index is 12.9. The summed E-state index contributed by atoms with van der Waals surface area (Å²) in [6, 6.07) is 5.37. The summed E-state index contributed by atoms with van der Waals surface area (Å²) in [6.07, 6.45) is 1.77. The number of ketones is 1. The number of carbonyl (C=O) groups excluding carboxylic acids is 3. The lowest BCUT2D eigenvalue weighted by molar-refractivity contribution is -0.121. The molecule has 9 nitrogen and oxygen atoms in total. The van der Waals surface area contributed by atoms with E-state index in [4.69, 9.17) is 9.47 Å². The quantitative estimate of drug-likeness (QED) is 0.290. The summed E-state index contributed by atoms with van der Waals surface area (Å²) in [5.74, 6) is 0.207. The van der Waals surface area contributed by atoms with Gasteiger partial charge >= 0.3 is 0 Å². The third-order valence-electron chi connectivity index (χ3n) is 6.18. The van der Waals surface area contributed by atoms with Crippen molar-refractivity contribution < 1.29 is 23.9 Å². The fourth-order valence-electron chi connectivity index (χ4n) is 4.19. The van der Waals surface area contributed by atoms with Gasteiger partial charge in [-0.2, -0.15) is 0 Å². The second kappa shape index (κ2) is 12.5. The Morgan fingerprint density at radius 3 is 2.58 bits per heavy atom. The first-order chi connectivity index (χ1) is 17.2. The molecule has 194 valence electrons. The molecule has 2 amide bonds. The molecule has 0 saturated heterocycles. The minimum Gasteiger partial charge on any atom is -0.491 e. The molecule has 0 bridgehead atoms. The van der Waals surface area contributed by atoms with Crippen molar-refractivity contribution >= 4 is 34.9 Å². The minimum atomic E-state index is -0.219. The summed E-state index contributed by atoms with van der Waals surface area (Å²) in [7, 11) is 0. The van der Waals surface area contributed by atoms with Gasteiger partial charge in [0.2, 0.25) is 0 Å². The second-order valence-electron chi connectivity index (χ2n) is 8.77. The van der Waals surface area contributed by atoms with Crippen molar-refractivity contribution in [1.82, 2.24) is 15.2 Å². The lowest BCUT2D eigenvalue weighted by Gasteiger charge is -2.18. The monoisotopic (exact) mass is 496 g/mol. The van der Waals surface area contributed by atoms with Crippen LogP contribution < -0.4 is 15.4 Å². The van der Waals surface area contributed by atoms with Gasteiger partial charge in [-0.05, 0) is 63.7 Å². The van der Waals surface area contributed by atoms with E-state index in [1.807, 2.05) is 13.8 Å². The Labute approximate surface area is 212 Å². The number of carbonyl (C=O) groups is 3. The summed E-state index contributed by atoms with van der Waals surface area (Å²) in [5.41, 5.74) is 4.76. The number of aromatic amines is 1. The molecule has 0 aliphatic carbocycles. The number of benzene rings is 1. The molecule has 3 N–H and O–H groups in total. The van der Waals surface area contributed by atoms with E-state index in [1.54, 1.807) is 24.3 Å². The van der Waals surface area contributed by atoms with E-state index in [0.717, 1.165) is 36.5 Å². The zero-order valence-corrected chi connectivity index (χ0v) is 21.7. The largest absolute Gasteiger partial charge is 0.491 e. The van der Waals surface area contributed by atoms with Gasteiger partial charge in [0, 0.05) is 35.7 Å². The average molecular weight is 497 g/mol. The number of hydrogen-bond acceptors (Lipinski definition) is 6. The molecular formula is C27H36N4O5. The van der Waals surface area contributed by atoms with Gasteiger partial charge in [0.1, 0.15) is 19.0 Å². The molecule has 1 aromatic heterocycles. The highest BCUT2D eigenvalue weighted by Crippen LogP contribution is 2.36. The maximum Gasteiger partial charge on any atom is 0.256 e. The first-order valence-corrected chi connectivity index (χ1v) is 12.3. The molecule has 2 aromatic rings. The third kappa shape index (κ3) is 6.61. The lowest BCUT2D eigenvalue weighted by Crippen LogP contribution is -2.35. The summed E-state index contributed by atoms with van der Waals surface area (Å²) in [4.78, 5) is 42.1. The number of fused-ring (bicyclic) bond motifs is 1. The van der Waals surface area contributed by atoms with E-state index in [2.05, 4.69) is 34.4 Å². The average Bonchev–Trinajstić information content (AvgIpc) is 3.30. The fourth-order valence-corrected chi connectivity index (χ4v) is 4.19. The van der Waals surface area contributed by atoms with E-state index < -0.39 is 0 Å². The van der Waals surface area contributed by atoms with Gasteiger partial charge in [-0.1, -0.05) is 13.8 Å². The van der Waals surface area contributed by atoms with Gasteiger partial charge in [-0.3, -0.25) is 14.4 Å². The Morgan fingerprint density at radius 1 is 1.14 bits per heavy atom. The molecule has 1 aliphatic heterocycles. The number of nitrogens with zero attached hydrogens (tertiary/aromatic N) is 1. The standard InChI is InChI=1S/C27H36N4O5/c1-6-31(7-2)11-10-28-27(34)25-18(4)24(29-19(25)5)15-22-21-14-20(8-9-23(21)30-26(22)33)36-13-12-35-16-17(3)32/h8-9,14-15,29H,6-7,10-13,16H2,1-5H3,(H,28,34)(H,30,33)/b22-15-. The number of aryl methyl sites for hydroxylation is 1. The highest BCUT2D eigenvalue weighted by molar-refractivity contribution is 6.35. The van der Waals surface area contributed by atoms with Crippen LogP contribution in [0.5, 0.6) is 5.75 Å². The molecule has 0 spiro atoms. The number of rotatable bonds is 13. The van der Waals surface area contributed by atoms with Crippen LogP contribution in [-0.4, -0.2) is 73.5 Å². The molecule has 3 rings (SSSR count). The molecule has 0 unspecified atom stereocenters. The molecule has 0 fully saturated rings. The third-order valence-corrected chi connectivity index (χ3v) is 6.18. The van der Waals surface area contributed by atoms with Gasteiger partial charge in [0.05, 0.1) is 17.7 Å². The molecule has 0 atom stereocenters. The van der Waals surface area contributed by atoms with Crippen molar-refractivity contribution in [2.45, 2.75) is 34.6 Å². The summed E-state index contributed by atoms with van der Waals surface area (Å²) >= 11 is 0. The molecule has 0 saturated carbocycles. The number of anilines is 1. The maximum absolute atomic E-state index is 12.9. The summed E-state index contributed by atoms with van der Waals surface area (Å²) < 4.78 is 11.0. The van der Waals surface area contributed by atoms with Crippen LogP contribution in [0.25, 0.3) is 11.6 Å². The van der Waals surface area contributed by atoms with Crippen molar-refractivity contribution in [3.63, 3.8) is 0 Å².